The van der Waals surface area contributed by atoms with Crippen molar-refractivity contribution in [3.05, 3.63) is 48.1 Å². The van der Waals surface area contributed by atoms with E-state index in [1.54, 1.807) is 6.92 Å². The van der Waals surface area contributed by atoms with Crippen molar-refractivity contribution in [3.63, 3.8) is 0 Å². The van der Waals surface area contributed by atoms with Crippen LogP contribution in [-0.2, 0) is 19.1 Å². The lowest BCUT2D eigenvalue weighted by Gasteiger charge is -2.33. The third-order valence-electron chi connectivity index (χ3n) is 8.67. The number of ether oxygens (including phenoxy) is 2. The van der Waals surface area contributed by atoms with Gasteiger partial charge in [0.05, 0.1) is 23.2 Å². The molecule has 0 amide bonds. The number of ketones is 1. The lowest BCUT2D eigenvalue weighted by molar-refractivity contribution is -0.161. The number of carbonyl (C=O) groups is 2. The number of hydrogen-bond acceptors (Lipinski definition) is 5. The molecular formula is C26H34O5. The number of aliphatic hydroxyl groups is 1. The third kappa shape index (κ3) is 2.75. The highest BCUT2D eigenvalue weighted by molar-refractivity contribution is 6.10. The smallest absolute Gasteiger partial charge is 0.320 e. The van der Waals surface area contributed by atoms with Crippen LogP contribution in [0.3, 0.4) is 0 Å². The van der Waals surface area contributed by atoms with Gasteiger partial charge in [-0.1, -0.05) is 62.0 Å². The molecule has 0 aromatic heterocycles. The second kappa shape index (κ2) is 6.76. The molecule has 2 aliphatic carbocycles. The molecule has 0 spiro atoms. The molecule has 0 radical (unpaired) electrons. The van der Waals surface area contributed by atoms with Crippen LogP contribution in [-0.4, -0.2) is 40.3 Å². The Morgan fingerprint density at radius 2 is 1.68 bits per heavy atom. The molecule has 31 heavy (non-hydrogen) atoms. The molecule has 2 aliphatic heterocycles. The lowest BCUT2D eigenvalue weighted by atomic mass is 9.68. The van der Waals surface area contributed by atoms with Crippen LogP contribution in [0.2, 0.25) is 0 Å². The second-order valence-electron chi connectivity index (χ2n) is 10.6. The van der Waals surface area contributed by atoms with Gasteiger partial charge in [0, 0.05) is 17.3 Å². The number of esters is 1. The first kappa shape index (κ1) is 22.2. The minimum Gasteiger partial charge on any atom is -0.460 e. The van der Waals surface area contributed by atoms with E-state index in [-0.39, 0.29) is 29.6 Å². The summed E-state index contributed by atoms with van der Waals surface area (Å²) in [5.74, 6) is -0.653. The van der Waals surface area contributed by atoms with Crippen LogP contribution < -0.4 is 0 Å². The maximum atomic E-state index is 12.6. The van der Waals surface area contributed by atoms with E-state index < -0.39 is 34.1 Å². The van der Waals surface area contributed by atoms with Gasteiger partial charge < -0.3 is 14.6 Å². The Hall–Kier alpha value is -1.98. The van der Waals surface area contributed by atoms with Crippen LogP contribution >= 0.6 is 0 Å². The molecule has 3 fully saturated rings. The van der Waals surface area contributed by atoms with Crippen molar-refractivity contribution < 1.29 is 24.2 Å². The van der Waals surface area contributed by atoms with E-state index in [4.69, 9.17) is 9.47 Å². The van der Waals surface area contributed by atoms with Crippen LogP contribution in [0.15, 0.2) is 48.1 Å². The molecule has 4 aliphatic rings. The molecule has 0 aromatic rings. The third-order valence-corrected chi connectivity index (χ3v) is 8.67. The average Bonchev–Trinajstić information content (AvgIpc) is 3.17. The summed E-state index contributed by atoms with van der Waals surface area (Å²) in [6.45, 7) is 13.4. The molecule has 1 N–H and O–H groups in total. The Bertz CT molecular complexity index is 939. The SMILES string of the molecule is CC1=C[C@@]2(C)O[C@@H](C)[C@](C)(O)[C@H]2[C@@H]1/C=C/C=C/C=C/C1(C)C2OC(=O)[C@]1(C)C(=O)[C@@H]2C. The van der Waals surface area contributed by atoms with Crippen molar-refractivity contribution in [2.75, 3.05) is 0 Å². The molecule has 0 aromatic carbocycles. The quantitative estimate of drug-likeness (QED) is 0.319. The molecule has 9 atom stereocenters. The fourth-order valence-corrected chi connectivity index (χ4v) is 6.59. The van der Waals surface area contributed by atoms with Crippen LogP contribution in [0.1, 0.15) is 48.5 Å². The number of Topliss-reactive ketones (excluding diaryl/α,β-unsaturated/α-hetero) is 1. The fraction of sp³-hybridized carbons (Fsp3) is 0.615. The van der Waals surface area contributed by atoms with Crippen molar-refractivity contribution in [1.29, 1.82) is 0 Å². The largest absolute Gasteiger partial charge is 0.460 e. The molecule has 4 rings (SSSR count). The van der Waals surface area contributed by atoms with Gasteiger partial charge in [0.2, 0.25) is 0 Å². The second-order valence-corrected chi connectivity index (χ2v) is 10.6. The minimum atomic E-state index is -1.11. The van der Waals surface area contributed by atoms with Gasteiger partial charge in [0.25, 0.3) is 0 Å². The van der Waals surface area contributed by atoms with Crippen molar-refractivity contribution in [2.45, 2.75) is 71.9 Å². The molecule has 2 saturated heterocycles. The summed E-state index contributed by atoms with van der Waals surface area (Å²) in [5, 5.41) is 11.0. The highest BCUT2D eigenvalue weighted by atomic mass is 16.6. The Balaban J connectivity index is 1.48. The Labute approximate surface area is 184 Å². The van der Waals surface area contributed by atoms with Gasteiger partial charge in [-0.15, -0.1) is 0 Å². The maximum absolute atomic E-state index is 12.6. The molecule has 2 unspecified atom stereocenters. The summed E-state index contributed by atoms with van der Waals surface area (Å²) in [4.78, 5) is 24.9. The topological polar surface area (TPSA) is 72.8 Å². The number of carbonyl (C=O) groups excluding carboxylic acids is 2. The zero-order valence-electron chi connectivity index (χ0n) is 19.5. The Kier molecular flexibility index (Phi) is 4.84. The predicted octanol–water partition coefficient (Wildman–Crippen LogP) is 3.93. The number of hydrogen-bond donors (Lipinski definition) is 1. The maximum Gasteiger partial charge on any atom is 0.320 e. The van der Waals surface area contributed by atoms with Gasteiger partial charge in [-0.2, -0.15) is 0 Å². The minimum absolute atomic E-state index is 0.0289. The van der Waals surface area contributed by atoms with Crippen molar-refractivity contribution in [3.8, 4) is 0 Å². The average molecular weight is 427 g/mol. The molecule has 2 heterocycles. The van der Waals surface area contributed by atoms with Gasteiger partial charge in [0.1, 0.15) is 11.5 Å². The zero-order valence-corrected chi connectivity index (χ0v) is 19.5. The highest BCUT2D eigenvalue weighted by Gasteiger charge is 2.73. The number of fused-ring (bicyclic) bond motifs is 3. The molecule has 1 saturated carbocycles. The normalized spacial score (nSPS) is 51.5. The lowest BCUT2D eigenvalue weighted by Crippen LogP contribution is -2.44. The Morgan fingerprint density at radius 3 is 2.32 bits per heavy atom. The first-order chi connectivity index (χ1) is 14.3. The summed E-state index contributed by atoms with van der Waals surface area (Å²) in [6.07, 6.45) is 13.3. The summed E-state index contributed by atoms with van der Waals surface area (Å²) in [7, 11) is 0. The standard InChI is InChI=1S/C26H34O5/c1-15-14-24(5)19(26(7,29)17(3)31-24)18(15)12-10-8-9-11-13-23(4)21-16(2)20(27)25(23,6)22(28)30-21/h8-14,16-19,21,29H,1-7H3/b9-8+,12-10+,13-11+/t16-,17-,18+,19-,21?,23?,24+,25-,26-/m0/s1. The van der Waals surface area contributed by atoms with E-state index >= 15 is 0 Å². The van der Waals surface area contributed by atoms with Crippen molar-refractivity contribution in [1.82, 2.24) is 0 Å². The van der Waals surface area contributed by atoms with E-state index in [1.807, 2.05) is 65.0 Å². The number of rotatable bonds is 4. The first-order valence-electron chi connectivity index (χ1n) is 11.2. The monoisotopic (exact) mass is 426 g/mol. The van der Waals surface area contributed by atoms with Crippen LogP contribution in [0.4, 0.5) is 0 Å². The molecule has 168 valence electrons. The summed E-state index contributed by atoms with van der Waals surface area (Å²) >= 11 is 0. The van der Waals surface area contributed by atoms with Crippen molar-refractivity contribution >= 4 is 11.8 Å². The summed E-state index contributed by atoms with van der Waals surface area (Å²) in [6, 6.07) is 0. The van der Waals surface area contributed by atoms with Crippen molar-refractivity contribution in [2.24, 2.45) is 28.6 Å². The van der Waals surface area contributed by atoms with Gasteiger partial charge in [-0.05, 0) is 34.6 Å². The summed E-state index contributed by atoms with van der Waals surface area (Å²) in [5.41, 5.74) is -1.91. The molecule has 5 heteroatoms. The van der Waals surface area contributed by atoms with Gasteiger partial charge in [-0.3, -0.25) is 9.59 Å². The van der Waals surface area contributed by atoms with Gasteiger partial charge in [-0.25, -0.2) is 0 Å². The van der Waals surface area contributed by atoms with E-state index in [9.17, 15) is 14.7 Å². The van der Waals surface area contributed by atoms with Gasteiger partial charge >= 0.3 is 5.97 Å². The zero-order chi connectivity index (χ0) is 23.0. The van der Waals surface area contributed by atoms with E-state index in [0.717, 1.165) is 0 Å². The van der Waals surface area contributed by atoms with Crippen LogP contribution in [0, 0.1) is 28.6 Å². The van der Waals surface area contributed by atoms with E-state index in [0.29, 0.717) is 0 Å². The molecular weight excluding hydrogens is 392 g/mol. The highest BCUT2D eigenvalue weighted by Crippen LogP contribution is 2.60. The summed E-state index contributed by atoms with van der Waals surface area (Å²) < 4.78 is 11.6. The van der Waals surface area contributed by atoms with Crippen LogP contribution in [0.25, 0.3) is 0 Å². The van der Waals surface area contributed by atoms with Gasteiger partial charge in [0.15, 0.2) is 5.78 Å². The first-order valence-corrected chi connectivity index (χ1v) is 11.2. The predicted molar refractivity (Wildman–Crippen MR) is 118 cm³/mol. The fourth-order valence-electron chi connectivity index (χ4n) is 6.59. The molecule has 5 nitrogen and oxygen atoms in total. The Morgan fingerprint density at radius 1 is 1.03 bits per heavy atom. The number of allylic oxidation sites excluding steroid dienone is 6. The molecule has 2 bridgehead atoms. The van der Waals surface area contributed by atoms with E-state index in [2.05, 4.69) is 19.1 Å². The van der Waals surface area contributed by atoms with Crippen LogP contribution in [0.5, 0.6) is 0 Å². The van der Waals surface area contributed by atoms with E-state index in [1.165, 1.54) is 5.57 Å².